The molecule has 31 heavy (non-hydrogen) atoms. The molecule has 8 heteroatoms. The number of carboxylic acids is 1. The standard InChI is InChI=1S/C23H27BrClNO5/c1-23(2)7-5-14(21(23)26-8-6-19(27)16(13-26)22(28)29)15-11-20(18(25)12-17(15)24)31-10-4-9-30-3/h6,8,11-14,21H,4-5,7,9-10H2,1-3H3,(H,28,29). The molecule has 6 nitrogen and oxygen atoms in total. The number of nitrogens with zero attached hydrogens (tertiary/aromatic N) is 1. The van der Waals surface area contributed by atoms with Gasteiger partial charge in [0.2, 0.25) is 0 Å². The fraction of sp³-hybridized carbons (Fsp3) is 0.478. The van der Waals surface area contributed by atoms with Gasteiger partial charge in [-0.25, -0.2) is 4.79 Å². The maximum atomic E-state index is 12.0. The highest BCUT2D eigenvalue weighted by molar-refractivity contribution is 9.10. The minimum absolute atomic E-state index is 0.0370. The average molecular weight is 513 g/mol. The predicted octanol–water partition coefficient (Wildman–Crippen LogP) is 5.52. The molecule has 2 unspecified atom stereocenters. The van der Waals surface area contributed by atoms with Crippen molar-refractivity contribution in [1.29, 1.82) is 0 Å². The van der Waals surface area contributed by atoms with Crippen LogP contribution >= 0.6 is 27.5 Å². The van der Waals surface area contributed by atoms with Gasteiger partial charge in [-0.3, -0.25) is 4.79 Å². The van der Waals surface area contributed by atoms with Crippen molar-refractivity contribution in [2.75, 3.05) is 20.3 Å². The van der Waals surface area contributed by atoms with Crippen molar-refractivity contribution >= 4 is 33.5 Å². The molecule has 1 aromatic carbocycles. The molecular formula is C23H27BrClNO5. The van der Waals surface area contributed by atoms with E-state index in [1.165, 1.54) is 12.3 Å². The van der Waals surface area contributed by atoms with E-state index < -0.39 is 11.4 Å². The lowest BCUT2D eigenvalue weighted by Crippen LogP contribution is -2.28. The van der Waals surface area contributed by atoms with Gasteiger partial charge in [0, 0.05) is 55.0 Å². The molecule has 2 aromatic rings. The third kappa shape index (κ3) is 5.16. The Morgan fingerprint density at radius 3 is 2.77 bits per heavy atom. The second kappa shape index (κ2) is 9.76. The lowest BCUT2D eigenvalue weighted by atomic mass is 9.82. The van der Waals surface area contributed by atoms with Gasteiger partial charge >= 0.3 is 5.97 Å². The molecule has 1 heterocycles. The van der Waals surface area contributed by atoms with E-state index in [9.17, 15) is 14.7 Å². The van der Waals surface area contributed by atoms with Crippen LogP contribution in [0, 0.1) is 5.41 Å². The molecule has 3 rings (SSSR count). The van der Waals surface area contributed by atoms with Crippen LogP contribution < -0.4 is 10.2 Å². The van der Waals surface area contributed by atoms with Gasteiger partial charge < -0.3 is 19.1 Å². The molecule has 0 spiro atoms. The number of carbonyl (C=O) groups is 1. The lowest BCUT2D eigenvalue weighted by molar-refractivity contribution is 0.0693. The SMILES string of the molecule is COCCCOc1cc(C2CCC(C)(C)C2n2ccc(=O)c(C(=O)O)c2)c(Br)cc1Cl. The molecule has 168 valence electrons. The van der Waals surface area contributed by atoms with Crippen molar-refractivity contribution < 1.29 is 19.4 Å². The molecule has 1 N–H and O–H groups in total. The molecule has 1 aromatic heterocycles. The summed E-state index contributed by atoms with van der Waals surface area (Å²) in [5.41, 5.74) is 0.239. The largest absolute Gasteiger partial charge is 0.492 e. The van der Waals surface area contributed by atoms with Crippen LogP contribution in [0.5, 0.6) is 5.75 Å². The summed E-state index contributed by atoms with van der Waals surface area (Å²) in [6.45, 7) is 5.44. The summed E-state index contributed by atoms with van der Waals surface area (Å²) >= 11 is 10.1. The summed E-state index contributed by atoms with van der Waals surface area (Å²) in [6.07, 6.45) is 5.77. The Hall–Kier alpha value is -1.83. The van der Waals surface area contributed by atoms with Gasteiger partial charge in [0.1, 0.15) is 11.3 Å². The van der Waals surface area contributed by atoms with Crippen molar-refractivity contribution in [1.82, 2.24) is 4.57 Å². The summed E-state index contributed by atoms with van der Waals surface area (Å²) in [5.74, 6) is -0.510. The van der Waals surface area contributed by atoms with Gasteiger partial charge in [-0.05, 0) is 36.0 Å². The Bertz CT molecular complexity index is 1020. The summed E-state index contributed by atoms with van der Waals surface area (Å²) in [6, 6.07) is 5.11. The lowest BCUT2D eigenvalue weighted by Gasteiger charge is -2.34. The highest BCUT2D eigenvalue weighted by Gasteiger charge is 2.44. The van der Waals surface area contributed by atoms with E-state index in [-0.39, 0.29) is 22.9 Å². The Morgan fingerprint density at radius 1 is 1.35 bits per heavy atom. The zero-order valence-corrected chi connectivity index (χ0v) is 20.2. The van der Waals surface area contributed by atoms with Gasteiger partial charge in [0.05, 0.1) is 11.6 Å². The van der Waals surface area contributed by atoms with E-state index in [2.05, 4.69) is 29.8 Å². The van der Waals surface area contributed by atoms with Crippen LogP contribution in [-0.2, 0) is 4.74 Å². The first-order valence-corrected chi connectivity index (χ1v) is 11.4. The Balaban J connectivity index is 2.00. The van der Waals surface area contributed by atoms with Gasteiger partial charge in [0.15, 0.2) is 5.43 Å². The molecule has 0 amide bonds. The van der Waals surface area contributed by atoms with E-state index >= 15 is 0 Å². The smallest absolute Gasteiger partial charge is 0.341 e. The number of hydrogen-bond acceptors (Lipinski definition) is 4. The summed E-state index contributed by atoms with van der Waals surface area (Å²) in [4.78, 5) is 23.5. The first-order valence-electron chi connectivity index (χ1n) is 10.2. The number of halogens is 2. The van der Waals surface area contributed by atoms with Gasteiger partial charge in [0.25, 0.3) is 0 Å². The summed E-state index contributed by atoms with van der Waals surface area (Å²) < 4.78 is 13.7. The summed E-state index contributed by atoms with van der Waals surface area (Å²) in [5, 5.41) is 9.94. The number of ether oxygens (including phenoxy) is 2. The second-order valence-electron chi connectivity index (χ2n) is 8.55. The van der Waals surface area contributed by atoms with Crippen LogP contribution in [0.15, 0.2) is 39.9 Å². The van der Waals surface area contributed by atoms with Crippen LogP contribution in [0.3, 0.4) is 0 Å². The quantitative estimate of drug-likeness (QED) is 0.471. The van der Waals surface area contributed by atoms with E-state index in [4.69, 9.17) is 21.1 Å². The van der Waals surface area contributed by atoms with Crippen molar-refractivity contribution in [3.63, 3.8) is 0 Å². The third-order valence-corrected chi connectivity index (χ3v) is 6.96. The molecule has 0 bridgehead atoms. The number of pyridine rings is 1. The third-order valence-electron chi connectivity index (χ3n) is 5.98. The minimum Gasteiger partial charge on any atom is -0.492 e. The topological polar surface area (TPSA) is 77.8 Å². The van der Waals surface area contributed by atoms with E-state index in [0.717, 1.165) is 29.3 Å². The van der Waals surface area contributed by atoms with Gasteiger partial charge in [-0.2, -0.15) is 0 Å². The van der Waals surface area contributed by atoms with Gasteiger partial charge in [-0.1, -0.05) is 41.4 Å². The zero-order chi connectivity index (χ0) is 22.8. The molecule has 1 fully saturated rings. The number of methoxy groups -OCH3 is 1. The molecule has 0 aliphatic heterocycles. The van der Waals surface area contributed by atoms with Crippen molar-refractivity contribution in [2.45, 2.75) is 45.1 Å². The first-order chi connectivity index (χ1) is 14.7. The van der Waals surface area contributed by atoms with Crippen molar-refractivity contribution in [3.8, 4) is 5.75 Å². The molecule has 1 saturated carbocycles. The van der Waals surface area contributed by atoms with Crippen LogP contribution in [0.25, 0.3) is 0 Å². The maximum Gasteiger partial charge on any atom is 0.341 e. The highest BCUT2D eigenvalue weighted by Crippen LogP contribution is 2.55. The van der Waals surface area contributed by atoms with Crippen molar-refractivity contribution in [3.05, 3.63) is 61.4 Å². The molecule has 1 aliphatic rings. The van der Waals surface area contributed by atoms with Crippen LogP contribution in [0.1, 0.15) is 61.0 Å². The van der Waals surface area contributed by atoms with Crippen LogP contribution in [0.2, 0.25) is 5.02 Å². The number of rotatable bonds is 8. The number of aromatic nitrogens is 1. The van der Waals surface area contributed by atoms with Crippen LogP contribution in [0.4, 0.5) is 0 Å². The Labute approximate surface area is 195 Å². The predicted molar refractivity (Wildman–Crippen MR) is 124 cm³/mol. The normalized spacial score (nSPS) is 20.0. The fourth-order valence-electron chi connectivity index (χ4n) is 4.47. The first kappa shape index (κ1) is 23.8. The monoisotopic (exact) mass is 511 g/mol. The number of carboxylic acid groups (broad SMARTS) is 1. The average Bonchev–Trinajstić information content (AvgIpc) is 3.01. The van der Waals surface area contributed by atoms with E-state index in [1.807, 2.05) is 16.7 Å². The van der Waals surface area contributed by atoms with Crippen LogP contribution in [-0.4, -0.2) is 36.0 Å². The van der Waals surface area contributed by atoms with E-state index in [1.54, 1.807) is 13.3 Å². The Kier molecular flexibility index (Phi) is 7.50. The highest BCUT2D eigenvalue weighted by atomic mass is 79.9. The molecule has 0 radical (unpaired) electrons. The minimum atomic E-state index is -1.22. The fourth-order valence-corrected chi connectivity index (χ4v) is 5.46. The number of benzene rings is 1. The maximum absolute atomic E-state index is 12.0. The number of aromatic carboxylic acids is 1. The number of hydrogen-bond donors (Lipinski definition) is 1. The van der Waals surface area contributed by atoms with Gasteiger partial charge in [-0.15, -0.1) is 0 Å². The Morgan fingerprint density at radius 2 is 2.10 bits per heavy atom. The van der Waals surface area contributed by atoms with E-state index in [0.29, 0.717) is 24.0 Å². The zero-order valence-electron chi connectivity index (χ0n) is 17.9. The molecule has 0 saturated heterocycles. The summed E-state index contributed by atoms with van der Waals surface area (Å²) in [7, 11) is 1.65. The van der Waals surface area contributed by atoms with Crippen molar-refractivity contribution in [2.24, 2.45) is 5.41 Å². The molecular weight excluding hydrogens is 486 g/mol. The second-order valence-corrected chi connectivity index (χ2v) is 9.81. The molecule has 1 aliphatic carbocycles. The molecule has 2 atom stereocenters.